The van der Waals surface area contributed by atoms with Crippen molar-refractivity contribution in [3.63, 3.8) is 0 Å². The Morgan fingerprint density at radius 3 is 2.59 bits per heavy atom. The molecule has 2 bridgehead atoms. The van der Waals surface area contributed by atoms with E-state index < -0.39 is 10.0 Å². The second-order valence-corrected chi connectivity index (χ2v) is 10.5. The summed E-state index contributed by atoms with van der Waals surface area (Å²) in [5.41, 5.74) is 1.42. The van der Waals surface area contributed by atoms with Crippen LogP contribution in [0.2, 0.25) is 0 Å². The summed E-state index contributed by atoms with van der Waals surface area (Å²) in [5.74, 6) is 0.0202. The number of piperidine rings is 1. The van der Waals surface area contributed by atoms with Gasteiger partial charge in [0.15, 0.2) is 0 Å². The number of sulfonamides is 1. The number of anilines is 1. The fourth-order valence-corrected chi connectivity index (χ4v) is 6.42. The first-order valence-electron chi connectivity index (χ1n) is 11.0. The van der Waals surface area contributed by atoms with Gasteiger partial charge in [-0.05, 0) is 54.8 Å². The molecular weight excluding hydrogens is 456 g/mol. The zero-order chi connectivity index (χ0) is 23.9. The van der Waals surface area contributed by atoms with Crippen LogP contribution in [0.3, 0.4) is 0 Å². The number of hydrogen-bond donors (Lipinski definition) is 1. The molecule has 1 saturated heterocycles. The fourth-order valence-electron chi connectivity index (χ4n) is 4.86. The monoisotopic (exact) mass is 480 g/mol. The molecule has 1 N–H and O–H groups in total. The van der Waals surface area contributed by atoms with Crippen molar-refractivity contribution in [3.8, 4) is 5.75 Å². The Bertz CT molecular complexity index is 1390. The van der Waals surface area contributed by atoms with Gasteiger partial charge in [0, 0.05) is 49.7 Å². The smallest absolute Gasteiger partial charge is 0.257 e. The van der Waals surface area contributed by atoms with Gasteiger partial charge in [0.1, 0.15) is 5.75 Å². The zero-order valence-corrected chi connectivity index (χ0v) is 19.4. The summed E-state index contributed by atoms with van der Waals surface area (Å²) in [6.45, 7) is 0.961. The van der Waals surface area contributed by atoms with Crippen molar-refractivity contribution in [2.45, 2.75) is 23.8 Å². The van der Waals surface area contributed by atoms with Gasteiger partial charge in [0.25, 0.3) is 11.5 Å². The number of methoxy groups -OCH3 is 1. The van der Waals surface area contributed by atoms with E-state index in [1.807, 2.05) is 0 Å². The molecule has 3 aromatic rings. The van der Waals surface area contributed by atoms with E-state index >= 15 is 0 Å². The molecule has 2 aromatic heterocycles. The number of pyridine rings is 2. The fraction of sp³-hybridized carbons (Fsp3) is 0.292. The van der Waals surface area contributed by atoms with E-state index in [0.29, 0.717) is 35.8 Å². The van der Waals surface area contributed by atoms with Gasteiger partial charge in [0.2, 0.25) is 10.0 Å². The van der Waals surface area contributed by atoms with Crippen LogP contribution >= 0.6 is 0 Å². The average molecular weight is 481 g/mol. The molecule has 1 amide bonds. The van der Waals surface area contributed by atoms with Crippen molar-refractivity contribution >= 4 is 21.6 Å². The number of rotatable bonds is 5. The maximum atomic E-state index is 13.4. The van der Waals surface area contributed by atoms with E-state index in [-0.39, 0.29) is 34.7 Å². The van der Waals surface area contributed by atoms with Gasteiger partial charge in [-0.3, -0.25) is 14.6 Å². The molecular formula is C24H24N4O5S. The Hall–Kier alpha value is -3.50. The summed E-state index contributed by atoms with van der Waals surface area (Å²) in [7, 11) is -2.20. The summed E-state index contributed by atoms with van der Waals surface area (Å²) < 4.78 is 35.1. The summed E-state index contributed by atoms with van der Waals surface area (Å²) in [4.78, 5) is 29.6. The van der Waals surface area contributed by atoms with Crippen LogP contribution in [0, 0.1) is 5.92 Å². The van der Waals surface area contributed by atoms with E-state index in [9.17, 15) is 18.0 Å². The minimum Gasteiger partial charge on any atom is -0.497 e. The van der Waals surface area contributed by atoms with Crippen LogP contribution in [0.15, 0.2) is 70.6 Å². The van der Waals surface area contributed by atoms with Gasteiger partial charge in [-0.1, -0.05) is 0 Å². The molecule has 0 spiro atoms. The lowest BCUT2D eigenvalue weighted by Gasteiger charge is -2.42. The first-order chi connectivity index (χ1) is 16.4. The number of nitrogens with zero attached hydrogens (tertiary/aromatic N) is 3. The minimum absolute atomic E-state index is 0.00116. The minimum atomic E-state index is -3.73. The molecule has 2 aliphatic heterocycles. The molecule has 0 saturated carbocycles. The van der Waals surface area contributed by atoms with Gasteiger partial charge in [-0.25, -0.2) is 8.42 Å². The van der Waals surface area contributed by atoms with Crippen molar-refractivity contribution in [2.75, 3.05) is 25.5 Å². The second kappa shape index (κ2) is 8.69. The van der Waals surface area contributed by atoms with Crippen molar-refractivity contribution in [2.24, 2.45) is 5.92 Å². The largest absolute Gasteiger partial charge is 0.497 e. The van der Waals surface area contributed by atoms with E-state index in [2.05, 4.69) is 10.3 Å². The molecule has 2 aliphatic rings. The average Bonchev–Trinajstić information content (AvgIpc) is 2.86. The highest BCUT2D eigenvalue weighted by atomic mass is 32.2. The standard InChI is InChI=1S/C24H24N4O5S/c1-33-19-4-6-20(7-5-19)34(31,32)27-13-16-11-18(15-27)23-21(8-9-22(29)28(23)14-16)26-24(30)17-3-2-10-25-12-17/h2-10,12,16,18H,11,13-15H2,1H3,(H,26,30). The van der Waals surface area contributed by atoms with Crippen LogP contribution < -0.4 is 15.6 Å². The summed E-state index contributed by atoms with van der Waals surface area (Å²) >= 11 is 0. The topological polar surface area (TPSA) is 111 Å². The highest BCUT2D eigenvalue weighted by Crippen LogP contribution is 2.40. The summed E-state index contributed by atoms with van der Waals surface area (Å²) in [6, 6.07) is 12.7. The predicted octanol–water partition coefficient (Wildman–Crippen LogP) is 2.31. The van der Waals surface area contributed by atoms with Crippen molar-refractivity contribution in [3.05, 3.63) is 82.5 Å². The third-order valence-corrected chi connectivity index (χ3v) is 8.27. The van der Waals surface area contributed by atoms with E-state index in [1.165, 1.54) is 35.8 Å². The lowest BCUT2D eigenvalue weighted by Crippen LogP contribution is -2.49. The number of carbonyl (C=O) groups is 1. The molecule has 5 rings (SSSR count). The highest BCUT2D eigenvalue weighted by Gasteiger charge is 2.40. The quantitative estimate of drug-likeness (QED) is 0.600. The van der Waals surface area contributed by atoms with E-state index in [0.717, 1.165) is 6.42 Å². The van der Waals surface area contributed by atoms with Gasteiger partial charge in [-0.2, -0.15) is 4.31 Å². The zero-order valence-electron chi connectivity index (χ0n) is 18.5. The first kappa shape index (κ1) is 22.3. The predicted molar refractivity (Wildman–Crippen MR) is 125 cm³/mol. The highest BCUT2D eigenvalue weighted by molar-refractivity contribution is 7.89. The molecule has 2 atom stereocenters. The third-order valence-electron chi connectivity index (χ3n) is 6.43. The molecule has 1 fully saturated rings. The Morgan fingerprint density at radius 2 is 1.88 bits per heavy atom. The SMILES string of the molecule is COc1ccc(S(=O)(=O)N2CC3CC(C2)c2c(NC(=O)c4cccnc4)ccc(=O)n2C3)cc1. The molecule has 10 heteroatoms. The Kier molecular flexibility index (Phi) is 5.70. The van der Waals surface area contributed by atoms with Crippen molar-refractivity contribution in [1.29, 1.82) is 0 Å². The molecule has 2 unspecified atom stereocenters. The molecule has 34 heavy (non-hydrogen) atoms. The molecule has 4 heterocycles. The molecule has 1 aromatic carbocycles. The summed E-state index contributed by atoms with van der Waals surface area (Å²) in [6.07, 6.45) is 3.80. The molecule has 176 valence electrons. The van der Waals surface area contributed by atoms with E-state index in [4.69, 9.17) is 4.74 Å². The van der Waals surface area contributed by atoms with E-state index in [1.54, 1.807) is 41.1 Å². The molecule has 0 aliphatic carbocycles. The lowest BCUT2D eigenvalue weighted by atomic mass is 9.83. The lowest BCUT2D eigenvalue weighted by molar-refractivity contribution is 0.102. The maximum Gasteiger partial charge on any atom is 0.257 e. The van der Waals surface area contributed by atoms with Crippen LogP contribution in [0.5, 0.6) is 5.75 Å². The van der Waals surface area contributed by atoms with Gasteiger partial charge in [0.05, 0.1) is 23.3 Å². The van der Waals surface area contributed by atoms with Crippen molar-refractivity contribution in [1.82, 2.24) is 13.9 Å². The van der Waals surface area contributed by atoms with Gasteiger partial charge in [-0.15, -0.1) is 0 Å². The van der Waals surface area contributed by atoms with Gasteiger partial charge >= 0.3 is 0 Å². The molecule has 0 radical (unpaired) electrons. The third kappa shape index (κ3) is 3.99. The van der Waals surface area contributed by atoms with Crippen LogP contribution in [0.25, 0.3) is 0 Å². The number of nitrogens with one attached hydrogen (secondary N) is 1. The normalized spacial score (nSPS) is 19.8. The van der Waals surface area contributed by atoms with Crippen molar-refractivity contribution < 1.29 is 17.9 Å². The Balaban J connectivity index is 1.47. The second-order valence-electron chi connectivity index (χ2n) is 8.57. The number of amides is 1. The molecule has 9 nitrogen and oxygen atoms in total. The Labute approximate surface area is 197 Å². The Morgan fingerprint density at radius 1 is 1.09 bits per heavy atom. The number of ether oxygens (including phenoxy) is 1. The number of fused-ring (bicyclic) bond motifs is 4. The van der Waals surface area contributed by atoms with Crippen LogP contribution in [0.1, 0.15) is 28.4 Å². The summed E-state index contributed by atoms with van der Waals surface area (Å²) in [5, 5.41) is 2.89. The number of benzene rings is 1. The van der Waals surface area contributed by atoms with Gasteiger partial charge < -0.3 is 14.6 Å². The number of hydrogen-bond acceptors (Lipinski definition) is 6. The number of carbonyl (C=O) groups excluding carboxylic acids is 1. The van der Waals surface area contributed by atoms with Crippen LogP contribution in [-0.2, 0) is 16.6 Å². The maximum absolute atomic E-state index is 13.4. The first-order valence-corrected chi connectivity index (χ1v) is 12.4. The number of aromatic nitrogens is 2. The van der Waals surface area contributed by atoms with Crippen LogP contribution in [-0.4, -0.2) is 48.4 Å². The van der Waals surface area contributed by atoms with Crippen LogP contribution in [0.4, 0.5) is 5.69 Å².